The van der Waals surface area contributed by atoms with Crippen molar-refractivity contribution < 1.29 is 38.5 Å². The smallest absolute Gasteiger partial charge is 0.307 e. The number of ether oxygens (including phenoxy) is 1. The fraction of sp³-hybridized carbons (Fsp3) is 0.586. The van der Waals surface area contributed by atoms with Crippen molar-refractivity contribution in [1.82, 2.24) is 5.06 Å². The first kappa shape index (κ1) is 27.0. The highest BCUT2D eigenvalue weighted by Gasteiger charge is 2.73. The Morgan fingerprint density at radius 3 is 2.50 bits per heavy atom. The quantitative estimate of drug-likeness (QED) is 0.474. The van der Waals surface area contributed by atoms with Crippen molar-refractivity contribution in [3.05, 3.63) is 53.6 Å². The van der Waals surface area contributed by atoms with E-state index in [9.17, 15) is 25.0 Å². The summed E-state index contributed by atoms with van der Waals surface area (Å²) < 4.78 is 38.0. The number of rotatable bonds is 6. The molecule has 7 nitrogen and oxygen atoms in total. The van der Waals surface area contributed by atoms with Gasteiger partial charge in [-0.05, 0) is 78.9 Å². The molecule has 3 fully saturated rings. The van der Waals surface area contributed by atoms with Gasteiger partial charge in [-0.1, -0.05) is 25.1 Å². The van der Waals surface area contributed by atoms with Gasteiger partial charge in [0.25, 0.3) is 0 Å². The van der Waals surface area contributed by atoms with E-state index in [2.05, 4.69) is 0 Å². The number of carboxylic acids is 1. The molecule has 38 heavy (non-hydrogen) atoms. The van der Waals surface area contributed by atoms with Crippen LogP contribution in [0.3, 0.4) is 0 Å². The van der Waals surface area contributed by atoms with E-state index >= 15 is 8.78 Å². The average Bonchev–Trinajstić information content (AvgIpc) is 3.14. The zero-order valence-electron chi connectivity index (χ0n) is 21.8. The van der Waals surface area contributed by atoms with Gasteiger partial charge in [0.2, 0.25) is 0 Å². The number of hydrogen-bond donors (Lipinski definition) is 3. The predicted octanol–water partition coefficient (Wildman–Crippen LogP) is 4.13. The van der Waals surface area contributed by atoms with Crippen molar-refractivity contribution in [2.45, 2.75) is 57.6 Å². The molecule has 9 heteroatoms. The zero-order chi connectivity index (χ0) is 27.6. The number of carbonyl (C=O) groups is 2. The van der Waals surface area contributed by atoms with Gasteiger partial charge in [0.1, 0.15) is 11.9 Å². The Kier molecular flexibility index (Phi) is 6.56. The minimum atomic E-state index is -2.26. The summed E-state index contributed by atoms with van der Waals surface area (Å²) in [6.07, 6.45) is 0.556. The molecule has 0 bridgehead atoms. The highest BCUT2D eigenvalue weighted by molar-refractivity contribution is 6.01. The summed E-state index contributed by atoms with van der Waals surface area (Å²) in [5.74, 6) is -3.78. The van der Waals surface area contributed by atoms with Crippen molar-refractivity contribution >= 4 is 11.8 Å². The third-order valence-corrected chi connectivity index (χ3v) is 10.0. The highest BCUT2D eigenvalue weighted by atomic mass is 19.1. The van der Waals surface area contributed by atoms with Gasteiger partial charge in [0.15, 0.2) is 11.5 Å². The van der Waals surface area contributed by atoms with E-state index in [4.69, 9.17) is 4.74 Å². The molecule has 1 aromatic carbocycles. The molecule has 0 heterocycles. The molecule has 0 radical (unpaired) electrons. The lowest BCUT2D eigenvalue weighted by Gasteiger charge is -2.62. The molecule has 1 unspecified atom stereocenters. The highest BCUT2D eigenvalue weighted by Crippen LogP contribution is 2.70. The zero-order valence-corrected chi connectivity index (χ0v) is 21.8. The molecular weight excluding hydrogens is 496 g/mol. The van der Waals surface area contributed by atoms with Crippen LogP contribution in [0.15, 0.2) is 48.1 Å². The lowest BCUT2D eigenvalue weighted by atomic mass is 9.45. The molecular formula is C29H35F2NO6. The molecule has 0 spiro atoms. The Hall–Kier alpha value is -2.62. The standard InChI is InChI=1S/C29H35F2NO6/c1-27-13-24(34)29(31)21(12-23(30)22-11-18(33)8-9-28(22,29)2)20(27)10-17(25(27)26(35)36)15-32(37)14-16-4-6-19(38-3)7-5-16/h4-9,11,17,20-21,23-25,34,37H,10,12-15H2,1-3H3,(H,35,36)/t17-,20?,21-,23-,24-,25+,27-,28-,29-/m0/s1. The molecule has 3 N–H and O–H groups in total. The Morgan fingerprint density at radius 1 is 1.18 bits per heavy atom. The minimum Gasteiger partial charge on any atom is -0.497 e. The Bertz CT molecular complexity index is 1190. The average molecular weight is 532 g/mol. The van der Waals surface area contributed by atoms with Crippen LogP contribution >= 0.6 is 0 Å². The first-order valence-corrected chi connectivity index (χ1v) is 13.1. The van der Waals surface area contributed by atoms with E-state index in [1.54, 1.807) is 38.3 Å². The number of methoxy groups -OCH3 is 1. The predicted molar refractivity (Wildman–Crippen MR) is 134 cm³/mol. The number of alkyl halides is 2. The van der Waals surface area contributed by atoms with Crippen LogP contribution in [0.1, 0.15) is 38.7 Å². The third-order valence-electron chi connectivity index (χ3n) is 10.0. The monoisotopic (exact) mass is 531 g/mol. The number of benzene rings is 1. The van der Waals surface area contributed by atoms with Gasteiger partial charge in [-0.2, -0.15) is 5.06 Å². The minimum absolute atomic E-state index is 0.0348. The molecule has 0 saturated heterocycles. The second-order valence-corrected chi connectivity index (χ2v) is 12.0. The normalized spacial score (nSPS) is 41.8. The molecule has 3 saturated carbocycles. The molecule has 4 aliphatic carbocycles. The van der Waals surface area contributed by atoms with E-state index in [0.29, 0.717) is 5.75 Å². The van der Waals surface area contributed by atoms with E-state index in [-0.39, 0.29) is 37.9 Å². The van der Waals surface area contributed by atoms with Gasteiger partial charge < -0.3 is 20.2 Å². The van der Waals surface area contributed by atoms with Gasteiger partial charge in [-0.3, -0.25) is 9.59 Å². The first-order chi connectivity index (χ1) is 17.8. The fourth-order valence-corrected chi connectivity index (χ4v) is 8.33. The lowest BCUT2D eigenvalue weighted by molar-refractivity contribution is -0.204. The second-order valence-electron chi connectivity index (χ2n) is 12.0. The fourth-order valence-electron chi connectivity index (χ4n) is 8.33. The number of hydrogen-bond acceptors (Lipinski definition) is 6. The number of hydroxylamine groups is 2. The molecule has 0 aliphatic heterocycles. The van der Waals surface area contributed by atoms with Gasteiger partial charge >= 0.3 is 5.97 Å². The maximum Gasteiger partial charge on any atom is 0.307 e. The summed E-state index contributed by atoms with van der Waals surface area (Å²) in [4.78, 5) is 24.6. The van der Waals surface area contributed by atoms with Crippen LogP contribution in [0.5, 0.6) is 5.75 Å². The number of fused-ring (bicyclic) bond motifs is 5. The van der Waals surface area contributed by atoms with Crippen molar-refractivity contribution in [3.8, 4) is 5.75 Å². The van der Waals surface area contributed by atoms with E-state index in [1.807, 2.05) is 0 Å². The van der Waals surface area contributed by atoms with E-state index in [1.165, 1.54) is 19.1 Å². The summed E-state index contributed by atoms with van der Waals surface area (Å²) in [6, 6.07) is 7.14. The van der Waals surface area contributed by atoms with Gasteiger partial charge in [0, 0.05) is 24.4 Å². The number of ketones is 1. The van der Waals surface area contributed by atoms with Crippen LogP contribution in [-0.4, -0.2) is 63.8 Å². The number of carbonyl (C=O) groups excluding carboxylic acids is 1. The largest absolute Gasteiger partial charge is 0.497 e. The number of aliphatic hydroxyl groups excluding tert-OH is 1. The second kappa shape index (κ2) is 9.24. The number of nitrogens with zero attached hydrogens (tertiary/aromatic N) is 1. The van der Waals surface area contributed by atoms with Crippen molar-refractivity contribution in [2.24, 2.45) is 34.5 Å². The van der Waals surface area contributed by atoms with Gasteiger partial charge in [-0.25, -0.2) is 8.78 Å². The van der Waals surface area contributed by atoms with Crippen LogP contribution in [0.2, 0.25) is 0 Å². The lowest BCUT2D eigenvalue weighted by Crippen LogP contribution is -2.68. The summed E-state index contributed by atoms with van der Waals surface area (Å²) in [5.41, 5.74) is -3.93. The number of allylic oxidation sites excluding steroid dienone is 4. The third kappa shape index (κ3) is 3.85. The van der Waals surface area contributed by atoms with Gasteiger partial charge in [-0.15, -0.1) is 0 Å². The molecule has 1 aromatic rings. The van der Waals surface area contributed by atoms with Crippen LogP contribution in [0, 0.1) is 34.5 Å². The van der Waals surface area contributed by atoms with Gasteiger partial charge in [0.05, 0.1) is 19.1 Å². The topological polar surface area (TPSA) is 107 Å². The number of aliphatic hydroxyl groups is 1. The van der Waals surface area contributed by atoms with Crippen molar-refractivity contribution in [1.29, 1.82) is 0 Å². The maximum atomic E-state index is 17.3. The molecule has 0 amide bonds. The number of halogens is 2. The summed E-state index contributed by atoms with van der Waals surface area (Å²) in [5, 5.41) is 33.5. The number of carboxylic acid groups (broad SMARTS) is 1. The Morgan fingerprint density at radius 2 is 1.87 bits per heavy atom. The molecule has 206 valence electrons. The summed E-state index contributed by atoms with van der Waals surface area (Å²) in [7, 11) is 1.56. The molecule has 0 aromatic heterocycles. The van der Waals surface area contributed by atoms with Crippen LogP contribution in [0.4, 0.5) is 8.78 Å². The summed E-state index contributed by atoms with van der Waals surface area (Å²) in [6.45, 7) is 3.47. The van der Waals surface area contributed by atoms with Crippen LogP contribution < -0.4 is 4.74 Å². The Labute approximate surface area is 220 Å². The van der Waals surface area contributed by atoms with Crippen molar-refractivity contribution in [2.75, 3.05) is 13.7 Å². The van der Waals surface area contributed by atoms with Crippen LogP contribution in [-0.2, 0) is 16.1 Å². The van der Waals surface area contributed by atoms with Crippen molar-refractivity contribution in [3.63, 3.8) is 0 Å². The van der Waals surface area contributed by atoms with Crippen LogP contribution in [0.25, 0.3) is 0 Å². The molecule has 5 rings (SSSR count). The first-order valence-electron chi connectivity index (χ1n) is 13.1. The maximum absolute atomic E-state index is 17.3. The SMILES string of the molecule is COc1ccc(CN(O)C[C@@H]2CC3[C@@H]4C[C@H](F)C5=CC(=O)C=C[C@]5(C)[C@@]4(F)[C@@H](O)C[C@]3(C)[C@H]2C(=O)O)cc1. The Balaban J connectivity index is 1.45. The van der Waals surface area contributed by atoms with E-state index in [0.717, 1.165) is 16.7 Å². The summed E-state index contributed by atoms with van der Waals surface area (Å²) >= 11 is 0. The van der Waals surface area contributed by atoms with E-state index < -0.39 is 64.2 Å². The number of aliphatic carboxylic acids is 1. The molecule has 4 aliphatic rings. The molecule has 9 atom stereocenters.